The van der Waals surface area contributed by atoms with Crippen LogP contribution in [0.3, 0.4) is 0 Å². The summed E-state index contributed by atoms with van der Waals surface area (Å²) < 4.78 is 46.3. The highest BCUT2D eigenvalue weighted by Crippen LogP contribution is 2.38. The van der Waals surface area contributed by atoms with Gasteiger partial charge in [-0.25, -0.2) is 0 Å². The molecular formula is C102H138N14O22. The van der Waals surface area contributed by atoms with Crippen molar-refractivity contribution < 1.29 is 95.7 Å². The highest BCUT2D eigenvalue weighted by atomic mass is 16.6. The fourth-order valence-corrected chi connectivity index (χ4v) is 12.4. The number of amides is 10. The van der Waals surface area contributed by atoms with E-state index in [-0.39, 0.29) is 148 Å². The van der Waals surface area contributed by atoms with Crippen molar-refractivity contribution in [3.63, 3.8) is 0 Å². The van der Waals surface area contributed by atoms with E-state index in [9.17, 15) is 68.2 Å². The molecule has 0 spiro atoms. The Morgan fingerprint density at radius 2 is 0.616 bits per heavy atom. The third-order valence-corrected chi connectivity index (χ3v) is 20.0. The molecule has 36 heteroatoms. The minimum absolute atomic E-state index is 0.0228. The van der Waals surface area contributed by atoms with Gasteiger partial charge in [-0.1, -0.05) is 109 Å². The van der Waals surface area contributed by atoms with Crippen molar-refractivity contribution in [1.29, 1.82) is 0 Å². The van der Waals surface area contributed by atoms with Crippen LogP contribution in [0.25, 0.3) is 0 Å². The molecular weight excluding hydrogens is 1770 g/mol. The molecule has 8 aromatic carbocycles. The van der Waals surface area contributed by atoms with E-state index in [4.69, 9.17) is 60.8 Å². The van der Waals surface area contributed by atoms with Crippen LogP contribution < -0.4 is 98.0 Å². The van der Waals surface area contributed by atoms with E-state index in [1.807, 2.05) is 130 Å². The highest BCUT2D eigenvalue weighted by Gasteiger charge is 2.28. The number of ether oxygens (including phenoxy) is 8. The van der Waals surface area contributed by atoms with Gasteiger partial charge in [0.05, 0.1) is 109 Å². The van der Waals surface area contributed by atoms with Crippen LogP contribution in [0.5, 0.6) is 46.0 Å². The van der Waals surface area contributed by atoms with Crippen LogP contribution in [0.1, 0.15) is 266 Å². The van der Waals surface area contributed by atoms with Gasteiger partial charge >= 0.3 is 11.4 Å². The Bertz CT molecular complexity index is 5440. The summed E-state index contributed by atoms with van der Waals surface area (Å²) in [6.07, 6.45) is 6.44. The number of rotatable bonds is 49. The van der Waals surface area contributed by atoms with Gasteiger partial charge in [0.1, 0.15) is 34.5 Å². The second kappa shape index (κ2) is 58.1. The summed E-state index contributed by atoms with van der Waals surface area (Å²) in [5.74, 6) is -0.809. The van der Waals surface area contributed by atoms with Gasteiger partial charge in [-0.15, -0.1) is 0 Å². The topological polar surface area (TPSA) is 522 Å². The molecule has 0 saturated carbocycles. The predicted molar refractivity (Wildman–Crippen MR) is 536 cm³/mol. The van der Waals surface area contributed by atoms with Crippen LogP contribution in [0.4, 0.5) is 45.5 Å². The molecule has 0 bridgehead atoms. The number of nitrogens with zero attached hydrogens (tertiary/aromatic N) is 3. The summed E-state index contributed by atoms with van der Waals surface area (Å²) in [6, 6.07) is 36.5. The maximum atomic E-state index is 13.3. The monoisotopic (exact) mass is 1910 g/mol. The number of carbonyl (C=O) groups is 10. The summed E-state index contributed by atoms with van der Waals surface area (Å²) in [4.78, 5) is 148. The SMILES string of the molecule is CC(C)COc1cc(C(=O)Nc2ccc(C(=O)N(C(C)C)C(C)C)cc2OCC(C)C)ccc1NC(=O)CN.CCCCCNC(=O)c1ccc(NC(=O)c2ccc(NC(=O)CN)c(OCC(C)C)c2)c(OCC(C)C)c1.CCCCOc1cc(C(=O)Nc2ccc(C(N)=O)cc2OC(C)CC)ccc1[N+](=O)[O-].CCCOc1cc(C(=O)Nc2ccc(C(N)=O)cc2OC(C)CC)ccc1[N+](=O)[O-]. The zero-order chi connectivity index (χ0) is 103. The molecule has 0 aliphatic heterocycles. The highest BCUT2D eigenvalue weighted by molar-refractivity contribution is 6.10. The lowest BCUT2D eigenvalue weighted by molar-refractivity contribution is -0.386. The minimum Gasteiger partial charge on any atom is -0.491 e. The van der Waals surface area contributed by atoms with Gasteiger partial charge in [0.2, 0.25) is 23.6 Å². The molecule has 0 aromatic heterocycles. The molecule has 0 aliphatic carbocycles. The average Bonchev–Trinajstić information content (AvgIpc) is 0.637. The van der Waals surface area contributed by atoms with Crippen LogP contribution in [0.2, 0.25) is 0 Å². The number of carbonyl (C=O) groups excluding carboxylic acids is 10. The van der Waals surface area contributed by atoms with Gasteiger partial charge in [-0.2, -0.15) is 0 Å². The molecule has 10 amide bonds. The molecule has 8 rings (SSSR count). The molecule has 0 saturated heterocycles. The quantitative estimate of drug-likeness (QED) is 0.00958. The van der Waals surface area contributed by atoms with E-state index < -0.39 is 33.5 Å². The number of hydrogen-bond donors (Lipinski definition) is 11. The third kappa shape index (κ3) is 37.7. The first-order valence-electron chi connectivity index (χ1n) is 46.5. The number of nitrogens with one attached hydrogen (secondary N) is 7. The van der Waals surface area contributed by atoms with Crippen molar-refractivity contribution in [3.05, 3.63) is 210 Å². The van der Waals surface area contributed by atoms with E-state index in [2.05, 4.69) is 44.1 Å². The maximum Gasteiger partial charge on any atom is 0.310 e. The fraction of sp³-hybridized carbons (Fsp3) is 0.431. The van der Waals surface area contributed by atoms with Crippen LogP contribution in [-0.4, -0.2) is 157 Å². The lowest BCUT2D eigenvalue weighted by atomic mass is 10.1. The normalized spacial score (nSPS) is 11.2. The van der Waals surface area contributed by atoms with E-state index in [0.717, 1.165) is 38.5 Å². The molecule has 15 N–H and O–H groups in total. The Kier molecular flexibility index (Phi) is 48.0. The summed E-state index contributed by atoms with van der Waals surface area (Å²) in [5.41, 5.74) is 26.1. The number of nitro benzene ring substituents is 2. The largest absolute Gasteiger partial charge is 0.491 e. The van der Waals surface area contributed by atoms with Crippen molar-refractivity contribution in [3.8, 4) is 46.0 Å². The maximum absolute atomic E-state index is 13.3. The number of hydrogen-bond acceptors (Lipinski definition) is 24. The Hall–Kier alpha value is -14.4. The first-order chi connectivity index (χ1) is 65.5. The van der Waals surface area contributed by atoms with Crippen molar-refractivity contribution in [2.75, 3.05) is 91.2 Å². The molecule has 138 heavy (non-hydrogen) atoms. The molecule has 0 aliphatic rings. The van der Waals surface area contributed by atoms with Gasteiger partial charge in [0.15, 0.2) is 11.5 Å². The summed E-state index contributed by atoms with van der Waals surface area (Å²) in [6.45, 7) is 40.1. The van der Waals surface area contributed by atoms with Crippen molar-refractivity contribution in [1.82, 2.24) is 10.2 Å². The lowest BCUT2D eigenvalue weighted by Crippen LogP contribution is -2.42. The number of benzene rings is 8. The van der Waals surface area contributed by atoms with E-state index in [1.54, 1.807) is 72.8 Å². The Morgan fingerprint density at radius 3 is 0.913 bits per heavy atom. The number of anilines is 6. The Labute approximate surface area is 807 Å². The van der Waals surface area contributed by atoms with Crippen LogP contribution in [-0.2, 0) is 9.59 Å². The minimum atomic E-state index is -0.616. The fourth-order valence-electron chi connectivity index (χ4n) is 12.4. The van der Waals surface area contributed by atoms with Crippen LogP contribution >= 0.6 is 0 Å². The number of primary amides is 2. The van der Waals surface area contributed by atoms with Gasteiger partial charge in [-0.05, 0) is 219 Å². The second-order valence-electron chi connectivity index (χ2n) is 34.6. The standard InChI is InChI=1S/C30H44N4O5.C29H42N4O5.C22H27N3O6.C21H25N3O6/c1-18(2)16-38-26-13-22(9-11-24(26)32-28(35)15-31)29(36)33-25-12-10-23(14-27(25)39-17-19(3)4)30(37)34(20(5)6)21(7)8;1-6-7-8-13-31-28(35)21-9-12-24(26(14-21)38-18-20(4)5)33-29(36)22-10-11-23(32-27(34)16-30)25(15-22)37-17-19(2)3;1-4-6-11-30-20-13-16(8-10-18(20)25(28)29)22(27)24-17-9-7-15(21(23)26)12-19(17)31-14(3)5-2;1-4-10-29-19-12-15(7-9-17(19)24(27)28)21(26)23-16-8-6-14(20(22)25)11-18(16)30-13(3)5-2/h9-14,18-21H,15-17,31H2,1-8H3,(H,32,35)(H,33,36);9-12,14-15,19-20H,6-8,13,16-18,30H2,1-5H3,(H,31,35)(H,32,34)(H,33,36);7-10,12-14H,4-6,11H2,1-3H3,(H2,23,26)(H,24,27);6-9,11-13H,4-5,10H2,1-3H3,(H2,22,25)(H,23,26). The first-order valence-corrected chi connectivity index (χ1v) is 46.5. The molecule has 0 radical (unpaired) electrons. The van der Waals surface area contributed by atoms with E-state index in [0.29, 0.717) is 143 Å². The second-order valence-corrected chi connectivity index (χ2v) is 34.6. The molecule has 748 valence electrons. The summed E-state index contributed by atoms with van der Waals surface area (Å²) in [7, 11) is 0. The zero-order valence-corrected chi connectivity index (χ0v) is 82.6. The van der Waals surface area contributed by atoms with Crippen LogP contribution in [0, 0.1) is 43.9 Å². The number of nitrogens with two attached hydrogens (primary N) is 4. The van der Waals surface area contributed by atoms with Gasteiger partial charge in [0.25, 0.3) is 35.4 Å². The van der Waals surface area contributed by atoms with E-state index >= 15 is 0 Å². The molecule has 0 heterocycles. The molecule has 36 nitrogen and oxygen atoms in total. The Balaban J connectivity index is 0.000000327. The lowest BCUT2D eigenvalue weighted by Gasteiger charge is -2.31. The first kappa shape index (κ1) is 114. The van der Waals surface area contributed by atoms with Crippen LogP contribution in [0.15, 0.2) is 146 Å². The third-order valence-electron chi connectivity index (χ3n) is 20.0. The molecule has 0 fully saturated rings. The predicted octanol–water partition coefficient (Wildman–Crippen LogP) is 18.2. The molecule has 8 aromatic rings. The average molecular weight is 1910 g/mol. The van der Waals surface area contributed by atoms with Crippen molar-refractivity contribution in [2.45, 2.75) is 207 Å². The molecule has 2 atom stereocenters. The zero-order valence-electron chi connectivity index (χ0n) is 82.6. The summed E-state index contributed by atoms with van der Waals surface area (Å²) in [5, 5.41) is 42.0. The van der Waals surface area contributed by atoms with Gasteiger partial charge < -0.3 is 103 Å². The smallest absolute Gasteiger partial charge is 0.310 e. The van der Waals surface area contributed by atoms with Crippen molar-refractivity contribution >= 4 is 105 Å². The summed E-state index contributed by atoms with van der Waals surface area (Å²) >= 11 is 0. The Morgan fingerprint density at radius 1 is 0.333 bits per heavy atom. The number of nitro groups is 2. The van der Waals surface area contributed by atoms with Gasteiger partial charge in [0, 0.05) is 87.4 Å². The van der Waals surface area contributed by atoms with E-state index in [1.165, 1.54) is 72.8 Å². The molecule has 2 unspecified atom stereocenters. The number of unbranched alkanes of at least 4 members (excludes halogenated alkanes) is 3. The van der Waals surface area contributed by atoms with Gasteiger partial charge in [-0.3, -0.25) is 68.2 Å². The van der Waals surface area contributed by atoms with Crippen molar-refractivity contribution in [2.24, 2.45) is 46.6 Å².